The van der Waals surface area contributed by atoms with Gasteiger partial charge >= 0.3 is 0 Å². The lowest BCUT2D eigenvalue weighted by Crippen LogP contribution is -2.41. The van der Waals surface area contributed by atoms with Crippen LogP contribution in [-0.2, 0) is 16.6 Å². The molecule has 0 unspecified atom stereocenters. The van der Waals surface area contributed by atoms with E-state index in [2.05, 4.69) is 20.3 Å². The van der Waals surface area contributed by atoms with Crippen LogP contribution in [0, 0.1) is 10.1 Å². The summed E-state index contributed by atoms with van der Waals surface area (Å²) in [5.74, 6) is 0.481. The van der Waals surface area contributed by atoms with Crippen LogP contribution in [-0.4, -0.2) is 39.4 Å². The first-order valence-corrected chi connectivity index (χ1v) is 10.1. The Bertz CT molecular complexity index is 972. The van der Waals surface area contributed by atoms with E-state index in [1.807, 2.05) is 18.2 Å². The van der Waals surface area contributed by atoms with Crippen LogP contribution in [0.3, 0.4) is 0 Å². The Labute approximate surface area is 191 Å². The van der Waals surface area contributed by atoms with Crippen LogP contribution in [0.25, 0.3) is 0 Å². The van der Waals surface area contributed by atoms with E-state index in [0.29, 0.717) is 17.5 Å². The van der Waals surface area contributed by atoms with Gasteiger partial charge in [0.2, 0.25) is 10.0 Å². The van der Waals surface area contributed by atoms with Crippen molar-refractivity contribution in [2.75, 3.05) is 20.1 Å². The summed E-state index contributed by atoms with van der Waals surface area (Å²) in [7, 11) is -2.26. The molecule has 0 radical (unpaired) electrons. The molecule has 0 aliphatic carbocycles. The third kappa shape index (κ3) is 7.76. The molecular weight excluding hydrogens is 533 g/mol. The van der Waals surface area contributed by atoms with Gasteiger partial charge in [0.05, 0.1) is 9.82 Å². The molecule has 0 fully saturated rings. The largest absolute Gasteiger partial charge is 0.355 e. The van der Waals surface area contributed by atoms with Crippen LogP contribution >= 0.6 is 35.6 Å². The summed E-state index contributed by atoms with van der Waals surface area (Å²) in [6.07, 6.45) is 0. The highest BCUT2D eigenvalue weighted by Gasteiger charge is 2.17. The Morgan fingerprint density at radius 2 is 1.86 bits per heavy atom. The maximum Gasteiger partial charge on any atom is 0.270 e. The van der Waals surface area contributed by atoms with Gasteiger partial charge in [-0.2, -0.15) is 0 Å². The molecule has 0 saturated carbocycles. The first-order chi connectivity index (χ1) is 13.3. The van der Waals surface area contributed by atoms with Crippen molar-refractivity contribution in [1.82, 2.24) is 15.4 Å². The molecule has 12 heteroatoms. The van der Waals surface area contributed by atoms with Gasteiger partial charge in [0.15, 0.2) is 5.96 Å². The number of nitrogens with zero attached hydrogens (tertiary/aromatic N) is 2. The van der Waals surface area contributed by atoms with E-state index < -0.39 is 14.9 Å². The first kappa shape index (κ1) is 25.1. The lowest BCUT2D eigenvalue weighted by Gasteiger charge is -2.13. The molecule has 0 atom stereocenters. The fourth-order valence-electron chi connectivity index (χ4n) is 2.26. The van der Waals surface area contributed by atoms with Crippen LogP contribution in [0.15, 0.2) is 58.4 Å². The van der Waals surface area contributed by atoms with Gasteiger partial charge in [0.25, 0.3) is 5.69 Å². The van der Waals surface area contributed by atoms with Gasteiger partial charge in [0.1, 0.15) is 0 Å². The van der Waals surface area contributed by atoms with Crippen molar-refractivity contribution in [2.24, 2.45) is 4.99 Å². The van der Waals surface area contributed by atoms with Crippen molar-refractivity contribution in [2.45, 2.75) is 11.4 Å². The Morgan fingerprint density at radius 1 is 1.14 bits per heavy atom. The smallest absolute Gasteiger partial charge is 0.270 e. The van der Waals surface area contributed by atoms with Crippen LogP contribution in [0.1, 0.15) is 5.56 Å². The molecule has 0 aromatic heterocycles. The highest BCUT2D eigenvalue weighted by molar-refractivity contribution is 14.0. The number of nitro benzene ring substituents is 1. The highest BCUT2D eigenvalue weighted by Crippen LogP contribution is 2.17. The lowest BCUT2D eigenvalue weighted by molar-refractivity contribution is -0.385. The summed E-state index contributed by atoms with van der Waals surface area (Å²) >= 11 is 6.10. The van der Waals surface area contributed by atoms with E-state index in [-0.39, 0.29) is 47.6 Å². The van der Waals surface area contributed by atoms with Crippen LogP contribution < -0.4 is 15.4 Å². The number of aliphatic imine (C=N–C) groups is 1. The summed E-state index contributed by atoms with van der Waals surface area (Å²) < 4.78 is 26.9. The standard InChI is InChI=1S/C17H20ClN5O4S.HI/c1-19-17(21-12-13-5-2-3-8-16(13)18)20-9-10-22-28(26,27)15-7-4-6-14(11-15)23(24)25;/h2-8,11,22H,9-10,12H2,1H3,(H2,19,20,21);1H. The zero-order valence-corrected chi connectivity index (χ0v) is 19.4. The minimum absolute atomic E-state index is 0. The van der Waals surface area contributed by atoms with Gasteiger partial charge in [-0.15, -0.1) is 24.0 Å². The quantitative estimate of drug-likeness (QED) is 0.115. The number of benzene rings is 2. The van der Waals surface area contributed by atoms with Crippen molar-refractivity contribution in [3.63, 3.8) is 0 Å². The minimum Gasteiger partial charge on any atom is -0.355 e. The maximum absolute atomic E-state index is 12.2. The maximum atomic E-state index is 12.2. The number of non-ortho nitro benzene ring substituents is 1. The monoisotopic (exact) mass is 553 g/mol. The second-order valence-electron chi connectivity index (χ2n) is 5.60. The Hall–Kier alpha value is -1.96. The molecule has 29 heavy (non-hydrogen) atoms. The SMILES string of the molecule is CN=C(NCCNS(=O)(=O)c1cccc([N+](=O)[O-])c1)NCc1ccccc1Cl.I. The number of hydrogen-bond donors (Lipinski definition) is 3. The number of hydrogen-bond acceptors (Lipinski definition) is 5. The van der Waals surface area contributed by atoms with Gasteiger partial charge in [-0.3, -0.25) is 15.1 Å². The summed E-state index contributed by atoms with van der Waals surface area (Å²) in [5.41, 5.74) is 0.615. The van der Waals surface area contributed by atoms with Crippen molar-refractivity contribution in [3.8, 4) is 0 Å². The topological polar surface area (TPSA) is 126 Å². The fourth-order valence-corrected chi connectivity index (χ4v) is 3.53. The van der Waals surface area contributed by atoms with E-state index in [1.165, 1.54) is 18.2 Å². The summed E-state index contributed by atoms with van der Waals surface area (Å²) in [6.45, 7) is 0.785. The zero-order chi connectivity index (χ0) is 20.6. The predicted molar refractivity (Wildman–Crippen MR) is 123 cm³/mol. The number of guanidine groups is 1. The highest BCUT2D eigenvalue weighted by atomic mass is 127. The Kier molecular flexibility index (Phi) is 10.3. The van der Waals surface area contributed by atoms with Gasteiger partial charge in [-0.05, 0) is 17.7 Å². The zero-order valence-electron chi connectivity index (χ0n) is 15.5. The number of halogens is 2. The van der Waals surface area contributed by atoms with Crippen LogP contribution in [0.5, 0.6) is 0 Å². The second-order valence-corrected chi connectivity index (χ2v) is 7.77. The first-order valence-electron chi connectivity index (χ1n) is 8.25. The number of nitro groups is 1. The molecule has 0 heterocycles. The summed E-state index contributed by atoms with van der Waals surface area (Å²) in [6, 6.07) is 12.3. The molecule has 0 spiro atoms. The molecule has 0 bridgehead atoms. The van der Waals surface area contributed by atoms with Gasteiger partial charge in [-0.25, -0.2) is 13.1 Å². The van der Waals surface area contributed by atoms with Crippen molar-refractivity contribution in [1.29, 1.82) is 0 Å². The molecule has 158 valence electrons. The lowest BCUT2D eigenvalue weighted by atomic mass is 10.2. The Balaban J connectivity index is 0.00000420. The second kappa shape index (κ2) is 11.9. The van der Waals surface area contributed by atoms with Crippen molar-refractivity contribution < 1.29 is 13.3 Å². The van der Waals surface area contributed by atoms with Crippen molar-refractivity contribution >= 4 is 57.2 Å². The van der Waals surface area contributed by atoms with E-state index >= 15 is 0 Å². The molecule has 9 nitrogen and oxygen atoms in total. The van der Waals surface area contributed by atoms with E-state index in [1.54, 1.807) is 13.1 Å². The minimum atomic E-state index is -3.85. The number of sulfonamides is 1. The van der Waals surface area contributed by atoms with E-state index in [0.717, 1.165) is 11.6 Å². The van der Waals surface area contributed by atoms with Crippen LogP contribution in [0.4, 0.5) is 5.69 Å². The van der Waals surface area contributed by atoms with Crippen LogP contribution in [0.2, 0.25) is 5.02 Å². The number of rotatable bonds is 8. The summed E-state index contributed by atoms with van der Waals surface area (Å²) in [4.78, 5) is 14.0. The normalized spacial score (nSPS) is 11.4. The molecule has 0 amide bonds. The molecule has 2 aromatic carbocycles. The molecular formula is C17H21ClIN5O4S. The molecule has 0 aliphatic rings. The molecule has 2 aromatic rings. The van der Waals surface area contributed by atoms with Gasteiger partial charge < -0.3 is 10.6 Å². The average Bonchev–Trinajstić information content (AvgIpc) is 2.68. The summed E-state index contributed by atoms with van der Waals surface area (Å²) in [5, 5.41) is 17.5. The molecule has 0 aliphatic heterocycles. The fraction of sp³-hybridized carbons (Fsp3) is 0.235. The van der Waals surface area contributed by atoms with Gasteiger partial charge in [0, 0.05) is 43.8 Å². The van der Waals surface area contributed by atoms with E-state index in [9.17, 15) is 18.5 Å². The Morgan fingerprint density at radius 3 is 2.52 bits per heavy atom. The number of nitrogens with one attached hydrogen (secondary N) is 3. The molecule has 0 saturated heterocycles. The predicted octanol–water partition coefficient (Wildman–Crippen LogP) is 2.51. The van der Waals surface area contributed by atoms with E-state index in [4.69, 9.17) is 11.6 Å². The third-order valence-corrected chi connectivity index (χ3v) is 5.50. The van der Waals surface area contributed by atoms with Gasteiger partial charge in [-0.1, -0.05) is 35.9 Å². The van der Waals surface area contributed by atoms with Crippen molar-refractivity contribution in [3.05, 3.63) is 69.2 Å². The molecule has 2 rings (SSSR count). The average molecular weight is 554 g/mol. The molecule has 3 N–H and O–H groups in total. The third-order valence-electron chi connectivity index (χ3n) is 3.68.